The average Bonchev–Trinajstić information content (AvgIpc) is 3.13. The zero-order valence-electron chi connectivity index (χ0n) is 12.9. The molecule has 4 rings (SSSR count). The molecule has 2 aromatic rings. The second-order valence-corrected chi connectivity index (χ2v) is 8.10. The molecule has 1 saturated carbocycles. The molecule has 2 bridgehead atoms. The van der Waals surface area contributed by atoms with E-state index in [1.54, 1.807) is 18.5 Å². The van der Waals surface area contributed by atoms with Gasteiger partial charge in [-0.1, -0.05) is 0 Å². The smallest absolute Gasteiger partial charge is 0.243 e. The number of pyridine rings is 1. The Balaban J connectivity index is 1.59. The molecule has 1 aliphatic carbocycles. The highest BCUT2D eigenvalue weighted by Crippen LogP contribution is 2.42. The van der Waals surface area contributed by atoms with Gasteiger partial charge >= 0.3 is 0 Å². The Morgan fingerprint density at radius 1 is 1.17 bits per heavy atom. The molecule has 1 aromatic carbocycles. The quantitative estimate of drug-likeness (QED) is 0.852. The summed E-state index contributed by atoms with van der Waals surface area (Å²) in [6.07, 6.45) is 4.86. The van der Waals surface area contributed by atoms with Crippen LogP contribution >= 0.6 is 0 Å². The summed E-state index contributed by atoms with van der Waals surface area (Å²) in [5, 5.41) is 0. The van der Waals surface area contributed by atoms with E-state index in [0.29, 0.717) is 12.3 Å². The van der Waals surface area contributed by atoms with Crippen LogP contribution < -0.4 is 4.74 Å². The molecule has 1 aliphatic heterocycles. The molecule has 0 amide bonds. The lowest BCUT2D eigenvalue weighted by Gasteiger charge is -2.26. The van der Waals surface area contributed by atoms with Crippen LogP contribution in [0.5, 0.6) is 5.75 Å². The van der Waals surface area contributed by atoms with E-state index in [4.69, 9.17) is 4.74 Å². The molecule has 5 nitrogen and oxygen atoms in total. The third-order valence-electron chi connectivity index (χ3n) is 4.79. The molecule has 1 aromatic heterocycles. The molecule has 2 fully saturated rings. The first-order chi connectivity index (χ1) is 11.6. The monoisotopic (exact) mass is 348 g/mol. The Kier molecular flexibility index (Phi) is 3.77. The van der Waals surface area contributed by atoms with Crippen molar-refractivity contribution in [1.29, 1.82) is 0 Å². The summed E-state index contributed by atoms with van der Waals surface area (Å²) >= 11 is 0. The third kappa shape index (κ3) is 2.57. The molecule has 2 aliphatic rings. The molecular weight excluding hydrogens is 331 g/mol. The van der Waals surface area contributed by atoms with Crippen LogP contribution in [-0.4, -0.2) is 36.4 Å². The second-order valence-electron chi connectivity index (χ2n) is 6.20. The van der Waals surface area contributed by atoms with E-state index in [2.05, 4.69) is 4.98 Å². The van der Waals surface area contributed by atoms with Crippen LogP contribution in [-0.2, 0) is 10.0 Å². The number of aromatic nitrogens is 1. The predicted octanol–water partition coefficient (Wildman–Crippen LogP) is 2.45. The van der Waals surface area contributed by atoms with Gasteiger partial charge in [-0.05, 0) is 49.2 Å². The fourth-order valence-electron chi connectivity index (χ4n) is 3.66. The minimum atomic E-state index is -3.64. The highest BCUT2D eigenvalue weighted by Gasteiger charge is 2.53. The maximum absolute atomic E-state index is 13.1. The van der Waals surface area contributed by atoms with Crippen LogP contribution in [0.3, 0.4) is 0 Å². The van der Waals surface area contributed by atoms with E-state index >= 15 is 0 Å². The van der Waals surface area contributed by atoms with E-state index in [0.717, 1.165) is 12.8 Å². The van der Waals surface area contributed by atoms with Gasteiger partial charge in [-0.3, -0.25) is 4.98 Å². The summed E-state index contributed by atoms with van der Waals surface area (Å²) in [6, 6.07) is 8.39. The number of nitrogens with zero attached hydrogens (tertiary/aromatic N) is 2. The maximum atomic E-state index is 13.1. The van der Waals surface area contributed by atoms with Crippen molar-refractivity contribution in [3.63, 3.8) is 0 Å². The number of rotatable bonds is 4. The Morgan fingerprint density at radius 3 is 2.67 bits per heavy atom. The molecule has 2 heterocycles. The number of sulfonamides is 1. The van der Waals surface area contributed by atoms with Gasteiger partial charge in [-0.2, -0.15) is 4.31 Å². The van der Waals surface area contributed by atoms with Gasteiger partial charge < -0.3 is 4.74 Å². The molecule has 7 heteroatoms. The van der Waals surface area contributed by atoms with Gasteiger partial charge in [0.1, 0.15) is 17.7 Å². The average molecular weight is 348 g/mol. The van der Waals surface area contributed by atoms with Gasteiger partial charge in [0.25, 0.3) is 0 Å². The molecule has 1 saturated heterocycles. The summed E-state index contributed by atoms with van der Waals surface area (Å²) in [7, 11) is -3.64. The Morgan fingerprint density at radius 2 is 1.96 bits per heavy atom. The number of fused-ring (bicyclic) bond motifs is 2. The van der Waals surface area contributed by atoms with Crippen LogP contribution in [0, 0.1) is 11.7 Å². The largest absolute Gasteiger partial charge is 0.487 e. The van der Waals surface area contributed by atoms with E-state index in [1.165, 1.54) is 28.6 Å². The topological polar surface area (TPSA) is 59.5 Å². The van der Waals surface area contributed by atoms with Gasteiger partial charge in [0.05, 0.1) is 17.1 Å². The predicted molar refractivity (Wildman–Crippen MR) is 85.5 cm³/mol. The number of ether oxygens (including phenoxy) is 1. The molecule has 0 radical (unpaired) electrons. The minimum absolute atomic E-state index is 0.122. The summed E-state index contributed by atoms with van der Waals surface area (Å²) in [4.78, 5) is 4.15. The summed E-state index contributed by atoms with van der Waals surface area (Å²) in [6.45, 7) is 0.440. The lowest BCUT2D eigenvalue weighted by molar-refractivity contribution is 0.167. The lowest BCUT2D eigenvalue weighted by Crippen LogP contribution is -2.40. The van der Waals surface area contributed by atoms with Crippen molar-refractivity contribution in [2.24, 2.45) is 5.92 Å². The molecule has 3 atom stereocenters. The van der Waals surface area contributed by atoms with E-state index in [9.17, 15) is 12.8 Å². The van der Waals surface area contributed by atoms with Crippen molar-refractivity contribution >= 4 is 10.0 Å². The Labute approximate surface area is 140 Å². The minimum Gasteiger partial charge on any atom is -0.487 e. The Bertz CT molecular complexity index is 827. The van der Waals surface area contributed by atoms with Crippen LogP contribution in [0.25, 0.3) is 0 Å². The van der Waals surface area contributed by atoms with Crippen LogP contribution in [0.15, 0.2) is 53.7 Å². The highest BCUT2D eigenvalue weighted by atomic mass is 32.2. The van der Waals surface area contributed by atoms with Crippen LogP contribution in [0.2, 0.25) is 0 Å². The number of hydrogen-bond donors (Lipinski definition) is 0. The van der Waals surface area contributed by atoms with Crippen molar-refractivity contribution in [2.45, 2.75) is 29.9 Å². The fraction of sp³-hybridized carbons (Fsp3) is 0.353. The molecule has 24 heavy (non-hydrogen) atoms. The standard InChI is InChI=1S/C17H17FN2O3S/c18-13-4-6-15(7-5-13)24(21,22)20-11-12-3-8-16(20)17(12)23-14-2-1-9-19-10-14/h1-2,4-7,9-10,12,16-17H,3,8,11H2. The van der Waals surface area contributed by atoms with Gasteiger partial charge in [0, 0.05) is 18.7 Å². The normalized spacial score (nSPS) is 26.6. The number of hydrogen-bond acceptors (Lipinski definition) is 4. The van der Waals surface area contributed by atoms with E-state index in [-0.39, 0.29) is 23.0 Å². The van der Waals surface area contributed by atoms with Crippen LogP contribution in [0.1, 0.15) is 12.8 Å². The Hall–Kier alpha value is -1.99. The van der Waals surface area contributed by atoms with Gasteiger partial charge in [-0.15, -0.1) is 0 Å². The van der Waals surface area contributed by atoms with Gasteiger partial charge in [0.2, 0.25) is 10.0 Å². The molecule has 126 valence electrons. The molecule has 0 spiro atoms. The summed E-state index contributed by atoms with van der Waals surface area (Å²) in [5.74, 6) is 0.375. The van der Waals surface area contributed by atoms with E-state index in [1.807, 2.05) is 6.07 Å². The SMILES string of the molecule is O=S(=O)(c1ccc(F)cc1)N1CC2CCC1C2Oc1cccnc1. The van der Waals surface area contributed by atoms with Crippen LogP contribution in [0.4, 0.5) is 4.39 Å². The van der Waals surface area contributed by atoms with E-state index < -0.39 is 15.8 Å². The third-order valence-corrected chi connectivity index (χ3v) is 6.69. The molecular formula is C17H17FN2O3S. The fourth-order valence-corrected chi connectivity index (χ4v) is 5.38. The van der Waals surface area contributed by atoms with Crippen molar-refractivity contribution in [1.82, 2.24) is 9.29 Å². The molecule has 3 unspecified atom stereocenters. The number of halogens is 1. The first-order valence-corrected chi connectivity index (χ1v) is 9.34. The lowest BCUT2D eigenvalue weighted by atomic mass is 10.1. The van der Waals surface area contributed by atoms with Gasteiger partial charge in [0.15, 0.2) is 0 Å². The maximum Gasteiger partial charge on any atom is 0.243 e. The zero-order chi connectivity index (χ0) is 16.7. The molecule has 0 N–H and O–H groups in total. The number of piperidine rings is 1. The first-order valence-electron chi connectivity index (χ1n) is 7.90. The van der Waals surface area contributed by atoms with Crippen molar-refractivity contribution in [3.8, 4) is 5.75 Å². The summed E-state index contributed by atoms with van der Waals surface area (Å²) < 4.78 is 46.3. The first kappa shape index (κ1) is 15.5. The van der Waals surface area contributed by atoms with Crippen molar-refractivity contribution in [3.05, 3.63) is 54.6 Å². The van der Waals surface area contributed by atoms with Crippen molar-refractivity contribution < 1.29 is 17.5 Å². The van der Waals surface area contributed by atoms with Crippen molar-refractivity contribution in [2.75, 3.05) is 6.54 Å². The van der Waals surface area contributed by atoms with Gasteiger partial charge in [-0.25, -0.2) is 12.8 Å². The number of benzene rings is 1. The second kappa shape index (κ2) is 5.82. The summed E-state index contributed by atoms with van der Waals surface area (Å²) in [5.41, 5.74) is 0. The highest BCUT2D eigenvalue weighted by molar-refractivity contribution is 7.89. The zero-order valence-corrected chi connectivity index (χ0v) is 13.7.